The highest BCUT2D eigenvalue weighted by molar-refractivity contribution is 9.10. The standard InChI is InChI=1S/C9H11BrO2/c1-6-3-8(12-2)4-7(5-11)9(6)10/h3-4,11H,5H2,1-2H3. The molecular formula is C9H11BrO2. The molecule has 0 aromatic heterocycles. The Balaban J connectivity index is 3.19. The van der Waals surface area contributed by atoms with Crippen LogP contribution in [0.5, 0.6) is 5.75 Å². The third kappa shape index (κ3) is 1.79. The zero-order valence-corrected chi connectivity index (χ0v) is 8.68. The third-order valence-corrected chi connectivity index (χ3v) is 2.84. The molecule has 0 aliphatic heterocycles. The highest BCUT2D eigenvalue weighted by Crippen LogP contribution is 2.26. The minimum atomic E-state index is 0.0264. The number of aliphatic hydroxyl groups excluding tert-OH is 1. The molecule has 0 saturated heterocycles. The molecule has 0 amide bonds. The van der Waals surface area contributed by atoms with Gasteiger partial charge in [0.05, 0.1) is 13.7 Å². The molecule has 1 N–H and O–H groups in total. The number of aliphatic hydroxyl groups is 1. The number of benzene rings is 1. The Morgan fingerprint density at radius 3 is 2.67 bits per heavy atom. The van der Waals surface area contributed by atoms with Gasteiger partial charge in [-0.05, 0) is 30.2 Å². The number of methoxy groups -OCH3 is 1. The van der Waals surface area contributed by atoms with Crippen LogP contribution < -0.4 is 4.74 Å². The largest absolute Gasteiger partial charge is 0.497 e. The topological polar surface area (TPSA) is 29.5 Å². The summed E-state index contributed by atoms with van der Waals surface area (Å²) in [6, 6.07) is 3.74. The molecule has 0 aliphatic carbocycles. The molecule has 0 fully saturated rings. The minimum Gasteiger partial charge on any atom is -0.497 e. The van der Waals surface area contributed by atoms with E-state index in [1.807, 2.05) is 19.1 Å². The number of hydrogen-bond acceptors (Lipinski definition) is 2. The van der Waals surface area contributed by atoms with Gasteiger partial charge in [-0.2, -0.15) is 0 Å². The maximum Gasteiger partial charge on any atom is 0.119 e. The average molecular weight is 231 g/mol. The van der Waals surface area contributed by atoms with Crippen LogP contribution in [0.2, 0.25) is 0 Å². The van der Waals surface area contributed by atoms with Crippen molar-refractivity contribution in [2.45, 2.75) is 13.5 Å². The van der Waals surface area contributed by atoms with E-state index in [9.17, 15) is 0 Å². The summed E-state index contributed by atoms with van der Waals surface area (Å²) in [6.07, 6.45) is 0. The van der Waals surface area contributed by atoms with Crippen molar-refractivity contribution in [1.29, 1.82) is 0 Å². The van der Waals surface area contributed by atoms with E-state index in [0.29, 0.717) is 0 Å². The molecule has 0 aliphatic rings. The molecule has 0 unspecified atom stereocenters. The molecule has 0 radical (unpaired) electrons. The number of ether oxygens (including phenoxy) is 1. The highest BCUT2D eigenvalue weighted by Gasteiger charge is 2.04. The Morgan fingerprint density at radius 2 is 2.17 bits per heavy atom. The molecule has 0 saturated carbocycles. The number of hydrogen-bond donors (Lipinski definition) is 1. The molecule has 0 spiro atoms. The summed E-state index contributed by atoms with van der Waals surface area (Å²) in [5.41, 5.74) is 1.92. The van der Waals surface area contributed by atoms with Gasteiger partial charge in [0, 0.05) is 4.47 Å². The second-order valence-electron chi connectivity index (χ2n) is 2.58. The van der Waals surface area contributed by atoms with Crippen molar-refractivity contribution in [3.05, 3.63) is 27.7 Å². The minimum absolute atomic E-state index is 0.0264. The van der Waals surface area contributed by atoms with Gasteiger partial charge < -0.3 is 9.84 Å². The van der Waals surface area contributed by atoms with E-state index in [2.05, 4.69) is 15.9 Å². The Morgan fingerprint density at radius 1 is 1.50 bits per heavy atom. The van der Waals surface area contributed by atoms with Crippen molar-refractivity contribution in [2.75, 3.05) is 7.11 Å². The van der Waals surface area contributed by atoms with E-state index in [-0.39, 0.29) is 6.61 Å². The molecule has 66 valence electrons. The predicted molar refractivity (Wildman–Crippen MR) is 51.4 cm³/mol. The van der Waals surface area contributed by atoms with Crippen molar-refractivity contribution >= 4 is 15.9 Å². The maximum atomic E-state index is 8.98. The van der Waals surface area contributed by atoms with Gasteiger partial charge >= 0.3 is 0 Å². The lowest BCUT2D eigenvalue weighted by atomic mass is 10.1. The molecule has 1 aromatic rings. The first-order valence-electron chi connectivity index (χ1n) is 3.63. The zero-order chi connectivity index (χ0) is 9.14. The molecule has 12 heavy (non-hydrogen) atoms. The smallest absolute Gasteiger partial charge is 0.119 e. The third-order valence-electron chi connectivity index (χ3n) is 1.71. The Bertz CT molecular complexity index is 284. The predicted octanol–water partition coefficient (Wildman–Crippen LogP) is 2.26. The van der Waals surface area contributed by atoms with Crippen LogP contribution in [0.4, 0.5) is 0 Å². The van der Waals surface area contributed by atoms with Crippen molar-refractivity contribution in [1.82, 2.24) is 0 Å². The van der Waals surface area contributed by atoms with Gasteiger partial charge in [-0.15, -0.1) is 0 Å². The van der Waals surface area contributed by atoms with Crippen LogP contribution >= 0.6 is 15.9 Å². The van der Waals surface area contributed by atoms with Gasteiger partial charge in [0.25, 0.3) is 0 Å². The molecule has 0 bridgehead atoms. The quantitative estimate of drug-likeness (QED) is 0.845. The second-order valence-corrected chi connectivity index (χ2v) is 3.37. The first-order chi connectivity index (χ1) is 5.69. The molecule has 1 aromatic carbocycles. The molecule has 0 atom stereocenters. The van der Waals surface area contributed by atoms with Crippen LogP contribution in [0.3, 0.4) is 0 Å². The fourth-order valence-corrected chi connectivity index (χ4v) is 1.39. The Kier molecular flexibility index (Phi) is 3.12. The SMILES string of the molecule is COc1cc(C)c(Br)c(CO)c1. The Labute approximate surface area is 80.3 Å². The van der Waals surface area contributed by atoms with Gasteiger partial charge in [0.1, 0.15) is 5.75 Å². The van der Waals surface area contributed by atoms with E-state index in [1.54, 1.807) is 7.11 Å². The van der Waals surface area contributed by atoms with E-state index in [1.165, 1.54) is 0 Å². The average Bonchev–Trinajstić information content (AvgIpc) is 2.09. The fraction of sp³-hybridized carbons (Fsp3) is 0.333. The van der Waals surface area contributed by atoms with Crippen molar-refractivity contribution in [2.24, 2.45) is 0 Å². The lowest BCUT2D eigenvalue weighted by Crippen LogP contribution is -1.91. The van der Waals surface area contributed by atoms with Crippen LogP contribution in [0.25, 0.3) is 0 Å². The molecule has 1 rings (SSSR count). The van der Waals surface area contributed by atoms with Crippen molar-refractivity contribution < 1.29 is 9.84 Å². The normalized spacial score (nSPS) is 10.0. The molecule has 3 heteroatoms. The fourth-order valence-electron chi connectivity index (χ4n) is 1.04. The van der Waals surface area contributed by atoms with Gasteiger partial charge in [-0.1, -0.05) is 15.9 Å². The van der Waals surface area contributed by atoms with E-state index in [4.69, 9.17) is 9.84 Å². The van der Waals surface area contributed by atoms with Gasteiger partial charge in [-0.3, -0.25) is 0 Å². The maximum absolute atomic E-state index is 8.98. The first-order valence-corrected chi connectivity index (χ1v) is 4.42. The van der Waals surface area contributed by atoms with E-state index < -0.39 is 0 Å². The summed E-state index contributed by atoms with van der Waals surface area (Å²) in [4.78, 5) is 0. The monoisotopic (exact) mass is 230 g/mol. The van der Waals surface area contributed by atoms with Crippen LogP contribution in [0, 0.1) is 6.92 Å². The van der Waals surface area contributed by atoms with Crippen LogP contribution in [-0.4, -0.2) is 12.2 Å². The summed E-state index contributed by atoms with van der Waals surface area (Å²) in [5.74, 6) is 0.778. The molecular weight excluding hydrogens is 220 g/mol. The van der Waals surface area contributed by atoms with Crippen LogP contribution in [0.1, 0.15) is 11.1 Å². The van der Waals surface area contributed by atoms with Crippen molar-refractivity contribution in [3.63, 3.8) is 0 Å². The summed E-state index contributed by atoms with van der Waals surface area (Å²) in [6.45, 7) is 1.99. The number of halogens is 1. The zero-order valence-electron chi connectivity index (χ0n) is 7.10. The lowest BCUT2D eigenvalue weighted by molar-refractivity contribution is 0.280. The lowest BCUT2D eigenvalue weighted by Gasteiger charge is -2.07. The Hall–Kier alpha value is -0.540. The summed E-state index contributed by atoms with van der Waals surface area (Å²) >= 11 is 3.39. The van der Waals surface area contributed by atoms with E-state index in [0.717, 1.165) is 21.3 Å². The second kappa shape index (κ2) is 3.92. The number of rotatable bonds is 2. The van der Waals surface area contributed by atoms with Gasteiger partial charge in [0.2, 0.25) is 0 Å². The van der Waals surface area contributed by atoms with Gasteiger partial charge in [0.15, 0.2) is 0 Å². The van der Waals surface area contributed by atoms with Gasteiger partial charge in [-0.25, -0.2) is 0 Å². The number of aryl methyl sites for hydroxylation is 1. The van der Waals surface area contributed by atoms with Crippen molar-refractivity contribution in [3.8, 4) is 5.75 Å². The van der Waals surface area contributed by atoms with Crippen LogP contribution in [0.15, 0.2) is 16.6 Å². The highest BCUT2D eigenvalue weighted by atomic mass is 79.9. The summed E-state index contributed by atoms with van der Waals surface area (Å²) in [5, 5.41) is 8.98. The summed E-state index contributed by atoms with van der Waals surface area (Å²) < 4.78 is 6.01. The first kappa shape index (κ1) is 9.55. The van der Waals surface area contributed by atoms with E-state index >= 15 is 0 Å². The summed E-state index contributed by atoms with van der Waals surface area (Å²) in [7, 11) is 1.61. The molecule has 2 nitrogen and oxygen atoms in total. The molecule has 0 heterocycles. The van der Waals surface area contributed by atoms with Crippen LogP contribution in [-0.2, 0) is 6.61 Å².